The van der Waals surface area contributed by atoms with E-state index in [9.17, 15) is 0 Å². The highest BCUT2D eigenvalue weighted by Gasteiger charge is 1.96. The van der Waals surface area contributed by atoms with Crippen LogP contribution in [-0.2, 0) is 0 Å². The maximum atomic E-state index is 3.65. The van der Waals surface area contributed by atoms with Gasteiger partial charge in [-0.15, -0.1) is 6.58 Å². The van der Waals surface area contributed by atoms with E-state index in [0.29, 0.717) is 0 Å². The molecule has 11 heavy (non-hydrogen) atoms. The van der Waals surface area contributed by atoms with Crippen LogP contribution in [0.1, 0.15) is 0 Å². The first-order chi connectivity index (χ1) is 5.34. The van der Waals surface area contributed by atoms with E-state index in [1.165, 1.54) is 0 Å². The Morgan fingerprint density at radius 3 is 2.55 bits per heavy atom. The van der Waals surface area contributed by atoms with Crippen LogP contribution in [0.4, 0.5) is 5.69 Å². The van der Waals surface area contributed by atoms with Gasteiger partial charge in [0.05, 0.1) is 0 Å². The van der Waals surface area contributed by atoms with E-state index >= 15 is 0 Å². The number of para-hydroxylation sites is 1. The molecule has 0 heterocycles. The lowest BCUT2D eigenvalue weighted by molar-refractivity contribution is 1.23. The maximum absolute atomic E-state index is 3.65. The monoisotopic (exact) mass is 211 g/mol. The third-order valence-electron chi connectivity index (χ3n) is 1.33. The average molecular weight is 212 g/mol. The number of rotatable bonds is 3. The molecule has 0 unspecified atom stereocenters. The molecule has 2 heteroatoms. The Bertz CT molecular complexity index is 220. The Morgan fingerprint density at radius 1 is 1.36 bits per heavy atom. The second-order valence-corrected chi connectivity index (χ2v) is 3.03. The molecule has 0 bridgehead atoms. The van der Waals surface area contributed by atoms with Crippen molar-refractivity contribution in [1.82, 2.24) is 0 Å². The van der Waals surface area contributed by atoms with Gasteiger partial charge in [0, 0.05) is 28.4 Å². The molecule has 0 spiro atoms. The molecule has 0 aliphatic heterocycles. The first kappa shape index (κ1) is 8.34. The third-order valence-corrected chi connectivity index (χ3v) is 2.02. The molecule has 0 radical (unpaired) electrons. The Morgan fingerprint density at radius 2 is 2.00 bits per heavy atom. The van der Waals surface area contributed by atoms with Crippen molar-refractivity contribution in [2.24, 2.45) is 0 Å². The van der Waals surface area contributed by atoms with E-state index in [0.717, 1.165) is 12.2 Å². The normalized spacial score (nSPS) is 9.18. The van der Waals surface area contributed by atoms with Crippen LogP contribution in [0.25, 0.3) is 0 Å². The molecule has 0 amide bonds. The Kier molecular flexibility index (Phi) is 3.17. The first-order valence-corrected chi connectivity index (χ1v) is 4.15. The minimum absolute atomic E-state index is 0.810. The fourth-order valence-electron chi connectivity index (χ4n) is 0.809. The van der Waals surface area contributed by atoms with Crippen LogP contribution in [-0.4, -0.2) is 6.54 Å². The summed E-state index contributed by atoms with van der Waals surface area (Å²) in [4.78, 5) is 0. The van der Waals surface area contributed by atoms with Crippen LogP contribution in [0.15, 0.2) is 43.0 Å². The molecule has 1 rings (SSSR count). The summed E-state index contributed by atoms with van der Waals surface area (Å²) in [7, 11) is 0. The van der Waals surface area contributed by atoms with Gasteiger partial charge in [0.1, 0.15) is 0 Å². The summed E-state index contributed by atoms with van der Waals surface area (Å²) in [6.07, 6.45) is 1.85. The zero-order valence-electron chi connectivity index (χ0n) is 6.20. The van der Waals surface area contributed by atoms with Gasteiger partial charge in [0.2, 0.25) is 0 Å². The maximum Gasteiger partial charge on any atom is 0.0499 e. The largest absolute Gasteiger partial charge is 0.305 e. The Labute approximate surface area is 75.7 Å². The highest BCUT2D eigenvalue weighted by molar-refractivity contribution is 9.10. The SMILES string of the molecule is C=CCN(Br)c1ccccc1. The van der Waals surface area contributed by atoms with Gasteiger partial charge in [-0.05, 0) is 12.1 Å². The van der Waals surface area contributed by atoms with E-state index in [1.807, 2.05) is 40.3 Å². The predicted molar refractivity (Wildman–Crippen MR) is 52.9 cm³/mol. The van der Waals surface area contributed by atoms with E-state index < -0.39 is 0 Å². The van der Waals surface area contributed by atoms with Gasteiger partial charge >= 0.3 is 0 Å². The second kappa shape index (κ2) is 4.19. The summed E-state index contributed by atoms with van der Waals surface area (Å²) in [5, 5.41) is 0. The predicted octanol–water partition coefficient (Wildman–Crippen LogP) is 2.99. The summed E-state index contributed by atoms with van der Waals surface area (Å²) in [5.74, 6) is 0. The van der Waals surface area contributed by atoms with E-state index in [2.05, 4.69) is 22.7 Å². The lowest BCUT2D eigenvalue weighted by atomic mass is 10.3. The first-order valence-electron chi connectivity index (χ1n) is 3.44. The van der Waals surface area contributed by atoms with Crippen LogP contribution in [0.3, 0.4) is 0 Å². The summed E-state index contributed by atoms with van der Waals surface area (Å²) in [5.41, 5.74) is 1.15. The fourth-order valence-corrected chi connectivity index (χ4v) is 1.25. The van der Waals surface area contributed by atoms with Gasteiger partial charge in [-0.1, -0.05) is 24.3 Å². The van der Waals surface area contributed by atoms with Gasteiger partial charge < -0.3 is 3.93 Å². The van der Waals surface area contributed by atoms with Gasteiger partial charge in [-0.25, -0.2) is 0 Å². The van der Waals surface area contributed by atoms with E-state index in [1.54, 1.807) is 0 Å². The summed E-state index contributed by atoms with van der Waals surface area (Å²) < 4.78 is 1.96. The molecule has 1 aromatic carbocycles. The van der Waals surface area contributed by atoms with Crippen LogP contribution in [0.5, 0.6) is 0 Å². The number of anilines is 1. The number of nitrogens with zero attached hydrogens (tertiary/aromatic N) is 1. The molecule has 0 N–H and O–H groups in total. The molecule has 1 aromatic rings. The molecule has 0 saturated carbocycles. The van der Waals surface area contributed by atoms with Crippen molar-refractivity contribution in [2.45, 2.75) is 0 Å². The number of benzene rings is 1. The molecular formula is C9H10BrN. The van der Waals surface area contributed by atoms with Gasteiger partial charge in [0.25, 0.3) is 0 Å². The van der Waals surface area contributed by atoms with E-state index in [4.69, 9.17) is 0 Å². The average Bonchev–Trinajstić information content (AvgIpc) is 2.07. The van der Waals surface area contributed by atoms with Crippen molar-refractivity contribution in [3.05, 3.63) is 43.0 Å². The van der Waals surface area contributed by atoms with Crippen LogP contribution in [0, 0.1) is 0 Å². The van der Waals surface area contributed by atoms with Gasteiger partial charge in [-0.3, -0.25) is 0 Å². The highest BCUT2D eigenvalue weighted by Crippen LogP contribution is 2.15. The van der Waals surface area contributed by atoms with Crippen LogP contribution in [0.2, 0.25) is 0 Å². The summed E-state index contributed by atoms with van der Waals surface area (Å²) in [6, 6.07) is 10.1. The minimum Gasteiger partial charge on any atom is -0.305 e. The van der Waals surface area contributed by atoms with E-state index in [-0.39, 0.29) is 0 Å². The Balaban J connectivity index is 2.68. The molecule has 0 fully saturated rings. The number of hydrogen-bond acceptors (Lipinski definition) is 1. The smallest absolute Gasteiger partial charge is 0.0499 e. The van der Waals surface area contributed by atoms with Crippen molar-refractivity contribution in [2.75, 3.05) is 10.5 Å². The molecule has 0 aliphatic carbocycles. The minimum atomic E-state index is 0.810. The van der Waals surface area contributed by atoms with Crippen molar-refractivity contribution >= 4 is 21.8 Å². The van der Waals surface area contributed by atoms with Gasteiger partial charge in [0.15, 0.2) is 0 Å². The van der Waals surface area contributed by atoms with Crippen LogP contribution < -0.4 is 3.93 Å². The van der Waals surface area contributed by atoms with Crippen molar-refractivity contribution < 1.29 is 0 Å². The standard InChI is InChI=1S/C9H10BrN/c1-2-8-11(10)9-6-4-3-5-7-9/h2-7H,1,8H2. The lowest BCUT2D eigenvalue weighted by Crippen LogP contribution is -2.07. The molecule has 0 aliphatic rings. The van der Waals surface area contributed by atoms with Crippen molar-refractivity contribution in [3.63, 3.8) is 0 Å². The highest BCUT2D eigenvalue weighted by atomic mass is 79.9. The topological polar surface area (TPSA) is 3.24 Å². The number of hydrogen-bond donors (Lipinski definition) is 0. The van der Waals surface area contributed by atoms with Crippen molar-refractivity contribution in [1.29, 1.82) is 0 Å². The zero-order chi connectivity index (χ0) is 8.10. The summed E-state index contributed by atoms with van der Waals surface area (Å²) in [6.45, 7) is 4.46. The second-order valence-electron chi connectivity index (χ2n) is 2.17. The molecule has 0 atom stereocenters. The van der Waals surface area contributed by atoms with Crippen molar-refractivity contribution in [3.8, 4) is 0 Å². The third kappa shape index (κ3) is 2.39. The molecular weight excluding hydrogens is 202 g/mol. The van der Waals surface area contributed by atoms with Crippen LogP contribution >= 0.6 is 16.1 Å². The summed E-state index contributed by atoms with van der Waals surface area (Å²) >= 11 is 3.41. The fraction of sp³-hybridized carbons (Fsp3) is 0.111. The Hall–Kier alpha value is -0.760. The molecule has 58 valence electrons. The quantitative estimate of drug-likeness (QED) is 0.549. The molecule has 0 aromatic heterocycles. The molecule has 1 nitrogen and oxygen atoms in total. The number of halogens is 1. The lowest BCUT2D eigenvalue weighted by Gasteiger charge is -2.12. The zero-order valence-corrected chi connectivity index (χ0v) is 7.79. The van der Waals surface area contributed by atoms with Gasteiger partial charge in [-0.2, -0.15) is 0 Å². The molecule has 0 saturated heterocycles.